The molecule has 0 fully saturated rings. The van der Waals surface area contributed by atoms with E-state index in [0.717, 1.165) is 49.0 Å². The van der Waals surface area contributed by atoms with Gasteiger partial charge in [0.05, 0.1) is 30.9 Å². The smallest absolute Gasteiger partial charge is 0.237 e. The van der Waals surface area contributed by atoms with Crippen LogP contribution in [0.5, 0.6) is 0 Å². The normalized spacial score (nSPS) is 12.3. The van der Waals surface area contributed by atoms with E-state index in [2.05, 4.69) is 54.9 Å². The molecule has 6 rings (SSSR count). The summed E-state index contributed by atoms with van der Waals surface area (Å²) in [5, 5.41) is 10.5. The molecule has 3 heterocycles. The van der Waals surface area contributed by atoms with Crippen molar-refractivity contribution in [1.82, 2.24) is 19.8 Å². The van der Waals surface area contributed by atoms with E-state index in [0.29, 0.717) is 54.5 Å². The summed E-state index contributed by atoms with van der Waals surface area (Å²) in [4.78, 5) is 38.9. The molecule has 0 unspecified atom stereocenters. The van der Waals surface area contributed by atoms with Crippen LogP contribution in [0.4, 0.5) is 0 Å². The van der Waals surface area contributed by atoms with E-state index < -0.39 is 0 Å². The van der Waals surface area contributed by atoms with Gasteiger partial charge in [-0.1, -0.05) is 44.2 Å². The molecule has 230 valence electrons. The first-order valence-corrected chi connectivity index (χ1v) is 16.0. The number of oxazole rings is 1. The van der Waals surface area contributed by atoms with Crippen molar-refractivity contribution in [2.75, 3.05) is 13.6 Å². The molecular weight excluding hydrogens is 582 g/mol. The number of rotatable bonds is 7. The van der Waals surface area contributed by atoms with Crippen molar-refractivity contribution in [1.29, 1.82) is 5.26 Å². The third-order valence-corrected chi connectivity index (χ3v) is 9.38. The van der Waals surface area contributed by atoms with Gasteiger partial charge in [-0.15, -0.1) is 11.3 Å². The van der Waals surface area contributed by atoms with E-state index in [4.69, 9.17) is 9.40 Å². The van der Waals surface area contributed by atoms with Crippen LogP contribution >= 0.6 is 11.3 Å². The molecule has 2 aromatic heterocycles. The topological polar surface area (TPSA) is 103 Å². The molecule has 45 heavy (non-hydrogen) atoms. The summed E-state index contributed by atoms with van der Waals surface area (Å²) >= 11 is 1.66. The molecule has 0 atom stereocenters. The number of amides is 1. The second-order valence-electron chi connectivity index (χ2n) is 11.3. The second kappa shape index (κ2) is 13.1. The lowest BCUT2D eigenvalue weighted by Gasteiger charge is -2.23. The van der Waals surface area contributed by atoms with Crippen LogP contribution in [0.15, 0.2) is 52.9 Å². The molecule has 0 radical (unpaired) electrons. The second-order valence-corrected chi connectivity index (χ2v) is 12.4. The highest BCUT2D eigenvalue weighted by atomic mass is 32.1. The zero-order chi connectivity index (χ0) is 32.4. The zero-order valence-electron chi connectivity index (χ0n) is 26.8. The summed E-state index contributed by atoms with van der Waals surface area (Å²) < 4.78 is 6.07. The number of hydrogen-bond acceptors (Lipinski definition) is 8. The van der Waals surface area contributed by atoms with Gasteiger partial charge in [-0.3, -0.25) is 14.5 Å². The van der Waals surface area contributed by atoms with Gasteiger partial charge in [-0.05, 0) is 75.2 Å². The van der Waals surface area contributed by atoms with E-state index >= 15 is 0 Å². The number of hydrogen-bond donors (Lipinski definition) is 0. The summed E-state index contributed by atoms with van der Waals surface area (Å²) in [6.07, 6.45) is 0.704. The molecule has 0 aliphatic carbocycles. The van der Waals surface area contributed by atoms with E-state index in [1.807, 2.05) is 50.9 Å². The molecule has 0 saturated carbocycles. The molecule has 5 aromatic rings. The van der Waals surface area contributed by atoms with Crippen molar-refractivity contribution < 1.29 is 14.0 Å². The lowest BCUT2D eigenvalue weighted by Crippen LogP contribution is -2.38. The number of nitrogens with zero attached hydrogens (tertiary/aromatic N) is 5. The van der Waals surface area contributed by atoms with Crippen molar-refractivity contribution in [3.05, 3.63) is 81.4 Å². The first kappa shape index (κ1) is 31.8. The highest BCUT2D eigenvalue weighted by Gasteiger charge is 2.29. The predicted molar refractivity (Wildman–Crippen MR) is 179 cm³/mol. The van der Waals surface area contributed by atoms with Gasteiger partial charge in [0.25, 0.3) is 0 Å². The molecule has 1 amide bonds. The Bertz CT molecular complexity index is 1920. The molecule has 1 aliphatic heterocycles. The fraction of sp³-hybridized carbons (Fsp3) is 0.306. The summed E-state index contributed by atoms with van der Waals surface area (Å²) in [6, 6.07) is 17.8. The predicted octanol–water partition coefficient (Wildman–Crippen LogP) is 7.79. The van der Waals surface area contributed by atoms with Crippen LogP contribution in [0.25, 0.3) is 44.3 Å². The SMILES string of the molecule is CC.Cc1c(-c2nc3cc(C=O)cc(C#N)c3o2)cccc1-c1cccc(-c2nc3c(s2)CN(C(=O)CN(C)C(C)C)C3)c1C. The van der Waals surface area contributed by atoms with Crippen LogP contribution in [0, 0.1) is 25.2 Å². The fourth-order valence-electron chi connectivity index (χ4n) is 5.47. The lowest BCUT2D eigenvalue weighted by atomic mass is 9.91. The van der Waals surface area contributed by atoms with Crippen molar-refractivity contribution in [2.24, 2.45) is 0 Å². The highest BCUT2D eigenvalue weighted by molar-refractivity contribution is 7.15. The Morgan fingerprint density at radius 3 is 2.31 bits per heavy atom. The summed E-state index contributed by atoms with van der Waals surface area (Å²) in [6.45, 7) is 13.9. The van der Waals surface area contributed by atoms with E-state index in [1.165, 1.54) is 6.07 Å². The van der Waals surface area contributed by atoms with E-state index in [9.17, 15) is 14.9 Å². The third kappa shape index (κ3) is 6.04. The van der Waals surface area contributed by atoms with Crippen molar-refractivity contribution in [3.63, 3.8) is 0 Å². The molecule has 0 spiro atoms. The number of carbonyl (C=O) groups excluding carboxylic acids is 2. The maximum atomic E-state index is 12.8. The Morgan fingerprint density at radius 2 is 1.69 bits per heavy atom. The van der Waals surface area contributed by atoms with E-state index in [1.54, 1.807) is 17.4 Å². The number of likely N-dealkylation sites (N-methyl/N-ethyl adjacent to an activating group) is 1. The van der Waals surface area contributed by atoms with Crippen LogP contribution in [0.3, 0.4) is 0 Å². The van der Waals surface area contributed by atoms with Crippen LogP contribution in [-0.2, 0) is 17.9 Å². The lowest BCUT2D eigenvalue weighted by molar-refractivity contribution is -0.133. The largest absolute Gasteiger partial charge is 0.435 e. The summed E-state index contributed by atoms with van der Waals surface area (Å²) in [7, 11) is 1.97. The molecule has 3 aromatic carbocycles. The Kier molecular flexibility index (Phi) is 9.28. The quantitative estimate of drug-likeness (QED) is 0.171. The van der Waals surface area contributed by atoms with Gasteiger partial charge in [0.15, 0.2) is 5.58 Å². The fourth-order valence-corrected chi connectivity index (χ4v) is 6.64. The minimum Gasteiger partial charge on any atom is -0.435 e. The number of benzene rings is 3. The van der Waals surface area contributed by atoms with Crippen LogP contribution < -0.4 is 0 Å². The first-order valence-electron chi connectivity index (χ1n) is 15.1. The van der Waals surface area contributed by atoms with Gasteiger partial charge >= 0.3 is 0 Å². The number of aldehydes is 1. The number of nitriles is 1. The van der Waals surface area contributed by atoms with Crippen molar-refractivity contribution >= 4 is 34.6 Å². The minimum absolute atomic E-state index is 0.128. The van der Waals surface area contributed by atoms with Crippen molar-refractivity contribution in [2.45, 2.75) is 60.7 Å². The maximum absolute atomic E-state index is 12.8. The maximum Gasteiger partial charge on any atom is 0.237 e. The van der Waals surface area contributed by atoms with Gasteiger partial charge in [-0.2, -0.15) is 5.26 Å². The van der Waals surface area contributed by atoms with Crippen LogP contribution in [0.2, 0.25) is 0 Å². The average Bonchev–Trinajstić information content (AvgIpc) is 3.75. The van der Waals surface area contributed by atoms with Crippen LogP contribution in [-0.4, -0.2) is 51.6 Å². The number of thiazole rings is 1. The molecule has 0 bridgehead atoms. The van der Waals surface area contributed by atoms with Gasteiger partial charge in [0.2, 0.25) is 11.8 Å². The molecule has 8 nitrogen and oxygen atoms in total. The molecule has 1 aliphatic rings. The van der Waals surface area contributed by atoms with E-state index in [-0.39, 0.29) is 11.5 Å². The number of fused-ring (bicyclic) bond motifs is 2. The first-order chi connectivity index (χ1) is 21.7. The number of aromatic nitrogens is 2. The van der Waals surface area contributed by atoms with Crippen LogP contribution in [0.1, 0.15) is 65.3 Å². The van der Waals surface area contributed by atoms with Gasteiger partial charge in [0.1, 0.15) is 22.9 Å². The molecular formula is C36H37N5O3S. The zero-order valence-corrected chi connectivity index (χ0v) is 27.6. The van der Waals surface area contributed by atoms with Gasteiger partial charge in [-0.25, -0.2) is 9.97 Å². The van der Waals surface area contributed by atoms with Crippen molar-refractivity contribution in [3.8, 4) is 39.2 Å². The highest BCUT2D eigenvalue weighted by Crippen LogP contribution is 2.40. The molecule has 0 saturated heterocycles. The third-order valence-electron chi connectivity index (χ3n) is 8.26. The monoisotopic (exact) mass is 619 g/mol. The Hall–Kier alpha value is -4.65. The Balaban J connectivity index is 0.00000196. The minimum atomic E-state index is 0.128. The number of carbonyl (C=O) groups is 2. The van der Waals surface area contributed by atoms with Gasteiger partial charge in [0, 0.05) is 27.6 Å². The summed E-state index contributed by atoms with van der Waals surface area (Å²) in [5.74, 6) is 0.529. The molecule has 0 N–H and O–H groups in total. The Labute approximate surface area is 268 Å². The van der Waals surface area contributed by atoms with Gasteiger partial charge < -0.3 is 9.32 Å². The summed E-state index contributed by atoms with van der Waals surface area (Å²) in [5.41, 5.74) is 8.60. The Morgan fingerprint density at radius 1 is 1.04 bits per heavy atom. The molecule has 9 heteroatoms. The average molecular weight is 620 g/mol. The standard InChI is InChI=1S/C34H31N5O3S.C2H6/c1-19(2)38(5)17-31(41)39-15-29-30(16-39)43-34(37-29)27-11-7-9-25(21(27)4)24-8-6-10-26(20(24)3)33-36-28-13-22(18-40)12-23(14-35)32(28)42-33;1-2/h6-13,18-19H,15-17H2,1-5H3;1-2H3.